The lowest BCUT2D eigenvalue weighted by Crippen LogP contribution is -2.50. The van der Waals surface area contributed by atoms with Gasteiger partial charge >= 0.3 is 18.0 Å². The molecule has 0 rings (SSSR count). The number of hydrogen-bond acceptors (Lipinski definition) is 1. The Morgan fingerprint density at radius 2 is 1.53 bits per heavy atom. The smallest absolute Gasteiger partial charge is 0.195 e. The Morgan fingerprint density at radius 3 is 1.94 bits per heavy atom. The molecule has 0 aliphatic carbocycles. The van der Waals surface area contributed by atoms with Crippen LogP contribution < -0.4 is 0 Å². The van der Waals surface area contributed by atoms with Crippen molar-refractivity contribution in [1.29, 1.82) is 0 Å². The van der Waals surface area contributed by atoms with Gasteiger partial charge in [-0.3, -0.25) is 0 Å². The van der Waals surface area contributed by atoms with Crippen molar-refractivity contribution in [2.24, 2.45) is 0 Å². The molecule has 0 N–H and O–H groups in total. The number of thioether (sulfide) groups is 1. The Bertz CT molecular complexity index is 257. The minimum atomic E-state index is -6.27. The summed E-state index contributed by atoms with van der Waals surface area (Å²) < 4.78 is 85.0. The van der Waals surface area contributed by atoms with Crippen molar-refractivity contribution in [1.82, 2.24) is 0 Å². The van der Waals surface area contributed by atoms with Crippen molar-refractivity contribution in [3.8, 4) is 0 Å². The monoisotopic (exact) mass is 283 g/mol. The average Bonchev–Trinajstić information content (AvgIpc) is 2.15. The Labute approximate surface area is 98.3 Å². The van der Waals surface area contributed by atoms with Gasteiger partial charge in [-0.15, -0.1) is 0 Å². The summed E-state index contributed by atoms with van der Waals surface area (Å²) in [5.74, 6) is -9.77. The van der Waals surface area contributed by atoms with E-state index in [1.165, 1.54) is 0 Å². The Morgan fingerprint density at radius 1 is 1.00 bits per heavy atom. The van der Waals surface area contributed by atoms with Crippen molar-refractivity contribution >= 4 is 11.8 Å². The minimum Gasteiger partial charge on any atom is -0.195 e. The lowest BCUT2D eigenvalue weighted by molar-refractivity contribution is -0.341. The molecule has 0 fully saturated rings. The van der Waals surface area contributed by atoms with Crippen molar-refractivity contribution in [2.75, 3.05) is 5.75 Å². The maximum Gasteiger partial charge on any atom is 0.460 e. The van der Waals surface area contributed by atoms with Crippen LogP contribution in [0.3, 0.4) is 0 Å². The number of allylic oxidation sites excluding steroid dienone is 1. The third-order valence-corrected chi connectivity index (χ3v) is 2.53. The van der Waals surface area contributed by atoms with Crippen LogP contribution in [0.1, 0.15) is 13.3 Å². The zero-order valence-electron chi connectivity index (χ0n) is 8.70. The van der Waals surface area contributed by atoms with Crippen LogP contribution in [0.2, 0.25) is 0 Å². The van der Waals surface area contributed by atoms with E-state index in [1.54, 1.807) is 12.7 Å². The highest BCUT2D eigenvalue weighted by Crippen LogP contribution is 2.47. The van der Waals surface area contributed by atoms with Gasteiger partial charge in [0.05, 0.1) is 0 Å². The number of halogens is 7. The van der Waals surface area contributed by atoms with Crippen LogP contribution in [0.5, 0.6) is 0 Å². The van der Waals surface area contributed by atoms with Gasteiger partial charge in [-0.1, -0.05) is 13.0 Å². The molecule has 0 atom stereocenters. The first-order valence-electron chi connectivity index (χ1n) is 4.49. The molecule has 0 nitrogen and oxygen atoms in total. The summed E-state index contributed by atoms with van der Waals surface area (Å²) in [6, 6.07) is 0. The molecule has 0 heterocycles. The molecule has 0 aromatic heterocycles. The van der Waals surface area contributed by atoms with Gasteiger partial charge in [-0.05, 0) is 12.5 Å². The molecule has 0 amide bonds. The number of rotatable bonds is 6. The predicted molar refractivity (Wildman–Crippen MR) is 52.1 cm³/mol. The highest BCUT2D eigenvalue weighted by molar-refractivity contribution is 8.01. The minimum absolute atomic E-state index is 0.0859. The number of alkyl halides is 7. The molecule has 0 saturated heterocycles. The molecular weight excluding hydrogens is 273 g/mol. The van der Waals surface area contributed by atoms with E-state index in [0.29, 0.717) is 12.5 Å². The summed E-state index contributed by atoms with van der Waals surface area (Å²) >= 11 is 1.04. The summed E-state index contributed by atoms with van der Waals surface area (Å²) in [5.41, 5.74) is 0. The lowest BCUT2D eigenvalue weighted by Gasteiger charge is -2.25. The fourth-order valence-electron chi connectivity index (χ4n) is 0.731. The summed E-state index contributed by atoms with van der Waals surface area (Å²) in [6.07, 6.45) is -5.45. The molecule has 0 aromatic carbocycles. The fraction of sp³-hybridized carbons (Fsp3) is 0.667. The predicted octanol–water partition coefficient (Wildman–Crippen LogP) is 4.68. The van der Waals surface area contributed by atoms with Crippen LogP contribution in [0, 0.1) is 5.75 Å². The molecule has 0 bridgehead atoms. The zero-order valence-corrected chi connectivity index (χ0v) is 9.52. The molecule has 0 aliphatic heterocycles. The first-order chi connectivity index (χ1) is 7.56. The maximum atomic E-state index is 12.6. The fourth-order valence-corrected chi connectivity index (χ4v) is 1.31. The van der Waals surface area contributed by atoms with Crippen LogP contribution in [0.4, 0.5) is 30.7 Å². The second-order valence-electron chi connectivity index (χ2n) is 3.01. The van der Waals surface area contributed by atoms with Gasteiger partial charge in [0.2, 0.25) is 0 Å². The van der Waals surface area contributed by atoms with Gasteiger partial charge in [0.1, 0.15) is 0 Å². The quantitative estimate of drug-likeness (QED) is 0.387. The first kappa shape index (κ1) is 16.6. The SMILES string of the molecule is CC[CH]SC/C=C/C(F)(F)C(F)(F)C(F)(F)F. The average molecular weight is 283 g/mol. The first-order valence-corrected chi connectivity index (χ1v) is 5.54. The van der Waals surface area contributed by atoms with Gasteiger partial charge in [-0.25, -0.2) is 0 Å². The molecule has 0 aromatic rings. The summed E-state index contributed by atoms with van der Waals surface area (Å²) in [6.45, 7) is 1.77. The van der Waals surface area contributed by atoms with Gasteiger partial charge < -0.3 is 0 Å². The molecule has 0 aliphatic rings. The highest BCUT2D eigenvalue weighted by atomic mass is 32.2. The van der Waals surface area contributed by atoms with Crippen molar-refractivity contribution in [2.45, 2.75) is 31.4 Å². The number of hydrogen-bond donors (Lipinski definition) is 0. The zero-order chi connectivity index (χ0) is 13.7. The van der Waals surface area contributed by atoms with Crippen molar-refractivity contribution in [3.63, 3.8) is 0 Å². The van der Waals surface area contributed by atoms with Crippen LogP contribution in [0.15, 0.2) is 12.2 Å². The van der Waals surface area contributed by atoms with Gasteiger partial charge in [-0.2, -0.15) is 42.5 Å². The largest absolute Gasteiger partial charge is 0.460 e. The normalized spacial score (nSPS) is 14.6. The van der Waals surface area contributed by atoms with E-state index < -0.39 is 24.1 Å². The van der Waals surface area contributed by atoms with E-state index in [9.17, 15) is 30.7 Å². The molecule has 8 heteroatoms. The Kier molecular flexibility index (Phi) is 5.83. The Balaban J connectivity index is 4.56. The molecule has 0 spiro atoms. The third kappa shape index (κ3) is 4.40. The standard InChI is InChI=1S/C9H10F7S/c1-2-5-17-6-3-4-7(10,11)8(12,13)9(14,15)16/h3-5H,2,6H2,1H3/b4-3+. The summed E-state index contributed by atoms with van der Waals surface area (Å²) in [5, 5.41) is 0. The van der Waals surface area contributed by atoms with Crippen molar-refractivity contribution < 1.29 is 30.7 Å². The van der Waals surface area contributed by atoms with Crippen molar-refractivity contribution in [3.05, 3.63) is 17.9 Å². The van der Waals surface area contributed by atoms with E-state index in [1.807, 2.05) is 0 Å². The second-order valence-corrected chi connectivity index (χ2v) is 4.01. The molecular formula is C9H10F7S. The van der Waals surface area contributed by atoms with E-state index in [-0.39, 0.29) is 5.75 Å². The summed E-state index contributed by atoms with van der Waals surface area (Å²) in [7, 11) is 0. The molecule has 1 radical (unpaired) electrons. The van der Waals surface area contributed by atoms with Gasteiger partial charge in [0.25, 0.3) is 0 Å². The second kappa shape index (κ2) is 5.97. The van der Waals surface area contributed by atoms with Crippen LogP contribution in [0.25, 0.3) is 0 Å². The lowest BCUT2D eigenvalue weighted by atomic mass is 10.1. The van der Waals surface area contributed by atoms with Gasteiger partial charge in [0.15, 0.2) is 0 Å². The molecule has 0 saturated carbocycles. The van der Waals surface area contributed by atoms with Crippen LogP contribution in [-0.4, -0.2) is 23.8 Å². The van der Waals surface area contributed by atoms with Crippen LogP contribution >= 0.6 is 11.8 Å². The molecule has 101 valence electrons. The van der Waals surface area contributed by atoms with Gasteiger partial charge in [0, 0.05) is 11.5 Å². The maximum absolute atomic E-state index is 12.6. The highest BCUT2D eigenvalue weighted by Gasteiger charge is 2.71. The topological polar surface area (TPSA) is 0 Å². The molecule has 0 unspecified atom stereocenters. The molecule has 17 heavy (non-hydrogen) atoms. The van der Waals surface area contributed by atoms with E-state index in [2.05, 4.69) is 0 Å². The third-order valence-electron chi connectivity index (χ3n) is 1.58. The Hall–Kier alpha value is -0.400. The van der Waals surface area contributed by atoms with E-state index in [4.69, 9.17) is 0 Å². The summed E-state index contributed by atoms with van der Waals surface area (Å²) in [4.78, 5) is 0. The van der Waals surface area contributed by atoms with Crippen LogP contribution in [-0.2, 0) is 0 Å². The van der Waals surface area contributed by atoms with E-state index in [0.717, 1.165) is 11.8 Å². The van der Waals surface area contributed by atoms with E-state index >= 15 is 0 Å².